The summed E-state index contributed by atoms with van der Waals surface area (Å²) in [5, 5.41) is 0.593. The van der Waals surface area contributed by atoms with Gasteiger partial charge in [-0.15, -0.1) is 0 Å². The lowest BCUT2D eigenvalue weighted by atomic mass is 10.0. The highest BCUT2D eigenvalue weighted by atomic mass is 19.1. The second-order valence-corrected chi connectivity index (χ2v) is 5.51. The van der Waals surface area contributed by atoms with Crippen LogP contribution in [-0.4, -0.2) is 28.5 Å². The van der Waals surface area contributed by atoms with Gasteiger partial charge in [-0.25, -0.2) is 9.37 Å². The molecular weight excluding hydrogens is 259 g/mol. The number of hydrogen-bond donors (Lipinski definition) is 0. The standard InChI is InChI=1S/C15H17FN2O2/c1-9(2)14(19)13-7-18(11-3-4-20-8-11)15-12(13)5-10(16)6-17-15/h5-7,9,11H,3-4,8H2,1-2H3. The van der Waals surface area contributed by atoms with E-state index in [9.17, 15) is 9.18 Å². The molecule has 2 aromatic heterocycles. The first-order valence-corrected chi connectivity index (χ1v) is 6.86. The Labute approximate surface area is 116 Å². The zero-order chi connectivity index (χ0) is 14.3. The Morgan fingerprint density at radius 2 is 2.35 bits per heavy atom. The maximum atomic E-state index is 13.5. The highest BCUT2D eigenvalue weighted by Crippen LogP contribution is 2.29. The maximum absolute atomic E-state index is 13.5. The molecule has 1 aliphatic heterocycles. The lowest BCUT2D eigenvalue weighted by Crippen LogP contribution is -2.09. The van der Waals surface area contributed by atoms with Crippen molar-refractivity contribution in [3.05, 3.63) is 29.8 Å². The van der Waals surface area contributed by atoms with Crippen molar-refractivity contribution in [2.24, 2.45) is 5.92 Å². The van der Waals surface area contributed by atoms with E-state index in [2.05, 4.69) is 4.98 Å². The smallest absolute Gasteiger partial charge is 0.167 e. The van der Waals surface area contributed by atoms with Crippen LogP contribution in [-0.2, 0) is 4.74 Å². The quantitative estimate of drug-likeness (QED) is 0.809. The van der Waals surface area contributed by atoms with Crippen molar-refractivity contribution >= 4 is 16.8 Å². The number of aromatic nitrogens is 2. The molecule has 1 saturated heterocycles. The highest BCUT2D eigenvalue weighted by Gasteiger charge is 2.24. The summed E-state index contributed by atoms with van der Waals surface area (Å²) >= 11 is 0. The number of ether oxygens (including phenoxy) is 1. The first-order chi connectivity index (χ1) is 9.58. The number of halogens is 1. The molecule has 0 aromatic carbocycles. The van der Waals surface area contributed by atoms with Gasteiger partial charge in [-0.05, 0) is 12.5 Å². The van der Waals surface area contributed by atoms with E-state index in [4.69, 9.17) is 4.74 Å². The second kappa shape index (κ2) is 4.98. The normalized spacial score (nSPS) is 19.1. The minimum absolute atomic E-state index is 0.0139. The van der Waals surface area contributed by atoms with Crippen molar-refractivity contribution in [2.75, 3.05) is 13.2 Å². The molecule has 106 valence electrons. The van der Waals surface area contributed by atoms with Crippen molar-refractivity contribution in [3.8, 4) is 0 Å². The molecule has 3 rings (SSSR count). The van der Waals surface area contributed by atoms with Crippen LogP contribution in [0.1, 0.15) is 36.7 Å². The number of nitrogens with zero attached hydrogens (tertiary/aromatic N) is 2. The Hall–Kier alpha value is -1.75. The van der Waals surface area contributed by atoms with Gasteiger partial charge in [0.2, 0.25) is 0 Å². The van der Waals surface area contributed by atoms with Crippen molar-refractivity contribution in [3.63, 3.8) is 0 Å². The minimum Gasteiger partial charge on any atom is -0.379 e. The SMILES string of the molecule is CC(C)C(=O)c1cn(C2CCOC2)c2ncc(F)cc12. The number of hydrogen-bond acceptors (Lipinski definition) is 3. The molecule has 20 heavy (non-hydrogen) atoms. The van der Waals surface area contributed by atoms with Gasteiger partial charge in [0.25, 0.3) is 0 Å². The molecule has 1 atom stereocenters. The summed E-state index contributed by atoms with van der Waals surface area (Å²) in [5.41, 5.74) is 1.21. The van der Waals surface area contributed by atoms with Crippen molar-refractivity contribution in [2.45, 2.75) is 26.3 Å². The van der Waals surface area contributed by atoms with Crippen molar-refractivity contribution in [1.82, 2.24) is 9.55 Å². The summed E-state index contributed by atoms with van der Waals surface area (Å²) in [4.78, 5) is 16.5. The van der Waals surface area contributed by atoms with Gasteiger partial charge < -0.3 is 9.30 Å². The van der Waals surface area contributed by atoms with Crippen LogP contribution in [0.5, 0.6) is 0 Å². The van der Waals surface area contributed by atoms with Gasteiger partial charge in [-0.2, -0.15) is 0 Å². The summed E-state index contributed by atoms with van der Waals surface area (Å²) in [6.07, 6.45) is 3.88. The number of rotatable bonds is 3. The largest absolute Gasteiger partial charge is 0.379 e. The molecule has 1 unspecified atom stereocenters. The van der Waals surface area contributed by atoms with E-state index < -0.39 is 5.82 Å². The summed E-state index contributed by atoms with van der Waals surface area (Å²) in [6.45, 7) is 5.00. The van der Waals surface area contributed by atoms with E-state index >= 15 is 0 Å². The lowest BCUT2D eigenvalue weighted by Gasteiger charge is -2.10. The molecule has 0 bridgehead atoms. The second-order valence-electron chi connectivity index (χ2n) is 5.51. The predicted octanol–water partition coefficient (Wildman–Crippen LogP) is 2.98. The third-order valence-electron chi connectivity index (χ3n) is 3.73. The van der Waals surface area contributed by atoms with Gasteiger partial charge in [0.15, 0.2) is 5.78 Å². The van der Waals surface area contributed by atoms with Crippen LogP contribution in [0.2, 0.25) is 0 Å². The van der Waals surface area contributed by atoms with Gasteiger partial charge in [0.1, 0.15) is 11.5 Å². The van der Waals surface area contributed by atoms with Crippen LogP contribution in [0.3, 0.4) is 0 Å². The van der Waals surface area contributed by atoms with Gasteiger partial charge in [0.05, 0.1) is 18.8 Å². The fourth-order valence-corrected chi connectivity index (χ4v) is 2.63. The van der Waals surface area contributed by atoms with Crippen molar-refractivity contribution in [1.29, 1.82) is 0 Å². The molecule has 0 saturated carbocycles. The van der Waals surface area contributed by atoms with Crippen molar-refractivity contribution < 1.29 is 13.9 Å². The van der Waals surface area contributed by atoms with Gasteiger partial charge in [-0.3, -0.25) is 4.79 Å². The minimum atomic E-state index is -0.421. The van der Waals surface area contributed by atoms with E-state index in [1.165, 1.54) is 12.3 Å². The van der Waals surface area contributed by atoms with E-state index in [-0.39, 0.29) is 17.7 Å². The maximum Gasteiger partial charge on any atom is 0.167 e. The highest BCUT2D eigenvalue weighted by molar-refractivity contribution is 6.08. The number of Topliss-reactive ketones (excluding diaryl/α,β-unsaturated/α-hetero) is 1. The summed E-state index contributed by atoms with van der Waals surface area (Å²) in [5.74, 6) is -0.534. The molecule has 1 fully saturated rings. The van der Waals surface area contributed by atoms with Crippen LogP contribution in [0, 0.1) is 11.7 Å². The van der Waals surface area contributed by atoms with Crippen LogP contribution in [0.4, 0.5) is 4.39 Å². The Morgan fingerprint density at radius 3 is 3.00 bits per heavy atom. The Morgan fingerprint density at radius 1 is 1.55 bits per heavy atom. The van der Waals surface area contributed by atoms with E-state index in [0.29, 0.717) is 29.8 Å². The molecule has 3 heterocycles. The van der Waals surface area contributed by atoms with Crippen LogP contribution >= 0.6 is 0 Å². The Bertz CT molecular complexity index is 657. The number of ketones is 1. The molecule has 0 spiro atoms. The fraction of sp³-hybridized carbons (Fsp3) is 0.467. The monoisotopic (exact) mass is 276 g/mol. The molecule has 0 radical (unpaired) electrons. The first-order valence-electron chi connectivity index (χ1n) is 6.86. The topological polar surface area (TPSA) is 44.1 Å². The molecule has 5 heteroatoms. The Kier molecular flexibility index (Phi) is 3.30. The van der Waals surface area contributed by atoms with Gasteiger partial charge in [-0.1, -0.05) is 13.8 Å². The van der Waals surface area contributed by atoms with E-state index in [0.717, 1.165) is 6.42 Å². The summed E-state index contributed by atoms with van der Waals surface area (Å²) < 4.78 is 20.8. The average molecular weight is 276 g/mol. The zero-order valence-corrected chi connectivity index (χ0v) is 11.6. The zero-order valence-electron chi connectivity index (χ0n) is 11.6. The average Bonchev–Trinajstić information content (AvgIpc) is 3.03. The number of fused-ring (bicyclic) bond motifs is 1. The van der Waals surface area contributed by atoms with Gasteiger partial charge >= 0.3 is 0 Å². The third-order valence-corrected chi connectivity index (χ3v) is 3.73. The predicted molar refractivity (Wildman–Crippen MR) is 73.3 cm³/mol. The molecule has 0 aliphatic carbocycles. The lowest BCUT2D eigenvalue weighted by molar-refractivity contribution is 0.0940. The van der Waals surface area contributed by atoms with Crippen LogP contribution in [0.25, 0.3) is 11.0 Å². The molecule has 0 amide bonds. The molecule has 4 nitrogen and oxygen atoms in total. The molecule has 2 aromatic rings. The first kappa shape index (κ1) is 13.2. The van der Waals surface area contributed by atoms with E-state index in [1.807, 2.05) is 18.4 Å². The van der Waals surface area contributed by atoms with Crippen LogP contribution < -0.4 is 0 Å². The summed E-state index contributed by atoms with van der Waals surface area (Å²) in [6, 6.07) is 1.56. The number of carbonyl (C=O) groups is 1. The van der Waals surface area contributed by atoms with Gasteiger partial charge in [0, 0.05) is 29.7 Å². The molecule has 0 N–H and O–H groups in total. The number of pyridine rings is 1. The molecule has 1 aliphatic rings. The Balaban J connectivity index is 2.18. The van der Waals surface area contributed by atoms with Crippen LogP contribution in [0.15, 0.2) is 18.5 Å². The number of carbonyl (C=O) groups excluding carboxylic acids is 1. The summed E-state index contributed by atoms with van der Waals surface area (Å²) in [7, 11) is 0. The third kappa shape index (κ3) is 2.12. The van der Waals surface area contributed by atoms with E-state index in [1.54, 1.807) is 6.20 Å². The molecular formula is C15H17FN2O2. The fourth-order valence-electron chi connectivity index (χ4n) is 2.63.